The second-order valence-electron chi connectivity index (χ2n) is 6.55. The molecule has 2 aromatic rings. The molecule has 27 heavy (non-hydrogen) atoms. The lowest BCUT2D eigenvalue weighted by molar-refractivity contribution is -0.158. The van der Waals surface area contributed by atoms with Crippen LogP contribution in [0.25, 0.3) is 0 Å². The molecular formula is C20H19ClN2O3S. The van der Waals surface area contributed by atoms with Gasteiger partial charge in [-0.3, -0.25) is 9.59 Å². The Hall–Kier alpha value is -2.44. The number of amides is 1. The minimum absolute atomic E-state index is 0.113. The molecule has 0 saturated heterocycles. The average Bonchev–Trinajstić information content (AvgIpc) is 3.15. The van der Waals surface area contributed by atoms with Gasteiger partial charge in [0.15, 0.2) is 5.41 Å². The Bertz CT molecular complexity index is 890. The van der Waals surface area contributed by atoms with Crippen LogP contribution in [0.2, 0.25) is 5.02 Å². The van der Waals surface area contributed by atoms with Crippen molar-refractivity contribution in [2.24, 2.45) is 10.5 Å². The number of rotatable bonds is 5. The fraction of sp³-hybridized carbons (Fsp3) is 0.250. The number of carbonyl (C=O) groups excluding carboxylic acids is 1. The van der Waals surface area contributed by atoms with Crippen LogP contribution < -0.4 is 5.43 Å². The fourth-order valence-corrected chi connectivity index (χ4v) is 4.07. The molecule has 1 amide bonds. The predicted molar refractivity (Wildman–Crippen MR) is 107 cm³/mol. The van der Waals surface area contributed by atoms with E-state index in [9.17, 15) is 14.7 Å². The first-order valence-corrected chi connectivity index (χ1v) is 9.71. The number of halogens is 1. The Labute approximate surface area is 166 Å². The molecule has 140 valence electrons. The second-order valence-corrected chi connectivity index (χ2v) is 7.97. The lowest BCUT2D eigenvalue weighted by Gasteiger charge is -2.38. The van der Waals surface area contributed by atoms with Crippen molar-refractivity contribution >= 4 is 41.0 Å². The van der Waals surface area contributed by atoms with E-state index in [1.165, 1.54) is 17.6 Å². The number of carboxylic acid groups (broad SMARTS) is 1. The van der Waals surface area contributed by atoms with E-state index in [0.29, 0.717) is 11.4 Å². The number of carbonyl (C=O) groups is 2. The molecule has 3 rings (SSSR count). The summed E-state index contributed by atoms with van der Waals surface area (Å²) in [5.41, 5.74) is 2.64. The van der Waals surface area contributed by atoms with Crippen molar-refractivity contribution < 1.29 is 14.7 Å². The van der Waals surface area contributed by atoms with Gasteiger partial charge in [-0.1, -0.05) is 41.4 Å². The first kappa shape index (κ1) is 19.3. The normalized spacial score (nSPS) is 22.4. The number of carboxylic acids is 1. The van der Waals surface area contributed by atoms with Crippen molar-refractivity contribution in [1.29, 1.82) is 0 Å². The summed E-state index contributed by atoms with van der Waals surface area (Å²) < 4.78 is 0. The van der Waals surface area contributed by atoms with E-state index in [4.69, 9.17) is 11.6 Å². The van der Waals surface area contributed by atoms with Crippen LogP contribution in [0.1, 0.15) is 36.1 Å². The van der Waals surface area contributed by atoms with Crippen LogP contribution >= 0.6 is 22.9 Å². The summed E-state index contributed by atoms with van der Waals surface area (Å²) in [5.74, 6) is -2.28. The van der Waals surface area contributed by atoms with Crippen molar-refractivity contribution in [3.8, 4) is 0 Å². The highest BCUT2D eigenvalue weighted by Gasteiger charge is 2.53. The highest BCUT2D eigenvalue weighted by molar-refractivity contribution is 7.11. The second kappa shape index (κ2) is 8.06. The topological polar surface area (TPSA) is 78.8 Å². The molecule has 0 bridgehead atoms. The van der Waals surface area contributed by atoms with Crippen LogP contribution in [0.4, 0.5) is 0 Å². The molecule has 1 heterocycles. The van der Waals surface area contributed by atoms with Crippen LogP contribution in [-0.4, -0.2) is 23.2 Å². The van der Waals surface area contributed by atoms with Gasteiger partial charge in [-0.05, 0) is 48.9 Å². The van der Waals surface area contributed by atoms with Crippen molar-refractivity contribution in [2.75, 3.05) is 0 Å². The minimum atomic E-state index is -1.62. The molecule has 1 aromatic heterocycles. The van der Waals surface area contributed by atoms with E-state index in [1.807, 2.05) is 30.5 Å². The summed E-state index contributed by atoms with van der Waals surface area (Å²) in [6.07, 6.45) is 3.93. The summed E-state index contributed by atoms with van der Waals surface area (Å²) >= 11 is 7.44. The van der Waals surface area contributed by atoms with Gasteiger partial charge >= 0.3 is 5.97 Å². The van der Waals surface area contributed by atoms with E-state index in [-0.39, 0.29) is 6.42 Å². The van der Waals surface area contributed by atoms with Crippen molar-refractivity contribution in [1.82, 2.24) is 5.43 Å². The summed E-state index contributed by atoms with van der Waals surface area (Å²) in [7, 11) is 0. The molecule has 0 spiro atoms. The molecule has 5 nitrogen and oxygen atoms in total. The number of benzene rings is 1. The van der Waals surface area contributed by atoms with Gasteiger partial charge in [0.25, 0.3) is 5.91 Å². The number of allylic oxidation sites excluding steroid dienone is 2. The van der Waals surface area contributed by atoms with Crippen molar-refractivity contribution in [3.63, 3.8) is 0 Å². The Morgan fingerprint density at radius 2 is 2.07 bits per heavy atom. The molecular weight excluding hydrogens is 384 g/mol. The van der Waals surface area contributed by atoms with Gasteiger partial charge in [0, 0.05) is 15.8 Å². The first-order valence-electron chi connectivity index (χ1n) is 8.45. The highest BCUT2D eigenvalue weighted by Crippen LogP contribution is 2.47. The van der Waals surface area contributed by atoms with E-state index in [1.54, 1.807) is 24.3 Å². The smallest absolute Gasteiger partial charge is 0.320 e. The van der Waals surface area contributed by atoms with Gasteiger partial charge < -0.3 is 5.11 Å². The Kier molecular flexibility index (Phi) is 5.77. The molecule has 7 heteroatoms. The van der Waals surface area contributed by atoms with Crippen LogP contribution in [0, 0.1) is 5.41 Å². The third-order valence-electron chi connectivity index (χ3n) is 4.85. The van der Waals surface area contributed by atoms with Gasteiger partial charge in [-0.25, -0.2) is 5.43 Å². The lowest BCUT2D eigenvalue weighted by atomic mass is 9.64. The number of nitrogens with zero attached hydrogens (tertiary/aromatic N) is 1. The van der Waals surface area contributed by atoms with Crippen LogP contribution in [0.5, 0.6) is 0 Å². The molecule has 0 saturated carbocycles. The van der Waals surface area contributed by atoms with Crippen molar-refractivity contribution in [3.05, 3.63) is 68.9 Å². The van der Waals surface area contributed by atoms with Gasteiger partial charge in [0.05, 0.1) is 6.21 Å². The molecule has 0 fully saturated rings. The molecule has 2 N–H and O–H groups in total. The number of aliphatic carboxylic acids is 1. The summed E-state index contributed by atoms with van der Waals surface area (Å²) in [6, 6.07) is 10.7. The summed E-state index contributed by atoms with van der Waals surface area (Å²) in [6.45, 7) is 1.95. The van der Waals surface area contributed by atoms with Crippen LogP contribution in [-0.2, 0) is 9.59 Å². The quantitative estimate of drug-likeness (QED) is 0.335. The molecule has 0 aliphatic heterocycles. The number of nitrogens with one attached hydrogen (secondary N) is 1. The highest BCUT2D eigenvalue weighted by atomic mass is 35.5. The summed E-state index contributed by atoms with van der Waals surface area (Å²) in [5, 5.41) is 16.5. The SMILES string of the molecule is CC1=CC[C@](C(=O)O)(C(=O)N/N=C\c2cccs2)[C@H](c2ccc(Cl)cc2)C1. The Morgan fingerprint density at radius 1 is 1.33 bits per heavy atom. The standard InChI is InChI=1S/C20H19ClN2O3S/c1-13-8-9-20(19(25)26,17(11-13)14-4-6-15(21)7-5-14)18(24)23-22-12-16-3-2-10-27-16/h2-8,10,12,17H,9,11H2,1H3,(H,23,24)(H,25,26)/b22-12-/t17-,20+/m0/s1. The molecule has 2 atom stereocenters. The van der Waals surface area contributed by atoms with Gasteiger partial charge in [-0.15, -0.1) is 11.3 Å². The zero-order valence-corrected chi connectivity index (χ0v) is 16.3. The molecule has 1 aromatic carbocycles. The van der Waals surface area contributed by atoms with E-state index in [2.05, 4.69) is 10.5 Å². The average molecular weight is 403 g/mol. The van der Waals surface area contributed by atoms with Gasteiger partial charge in [-0.2, -0.15) is 5.10 Å². The predicted octanol–water partition coefficient (Wildman–Crippen LogP) is 4.45. The first-order chi connectivity index (χ1) is 12.9. The Balaban J connectivity index is 1.94. The largest absolute Gasteiger partial charge is 0.480 e. The monoisotopic (exact) mass is 402 g/mol. The number of hydrazone groups is 1. The van der Waals surface area contributed by atoms with E-state index < -0.39 is 23.2 Å². The molecule has 0 radical (unpaired) electrons. The molecule has 1 aliphatic rings. The molecule has 0 unspecified atom stereocenters. The minimum Gasteiger partial charge on any atom is -0.480 e. The third-order valence-corrected chi connectivity index (χ3v) is 5.91. The lowest BCUT2D eigenvalue weighted by Crippen LogP contribution is -2.50. The van der Waals surface area contributed by atoms with Crippen LogP contribution in [0.3, 0.4) is 0 Å². The maximum atomic E-state index is 13.0. The van der Waals surface area contributed by atoms with E-state index in [0.717, 1.165) is 16.0 Å². The zero-order chi connectivity index (χ0) is 19.4. The summed E-state index contributed by atoms with van der Waals surface area (Å²) in [4.78, 5) is 26.2. The van der Waals surface area contributed by atoms with Gasteiger partial charge in [0.1, 0.15) is 0 Å². The Morgan fingerprint density at radius 3 is 2.70 bits per heavy atom. The van der Waals surface area contributed by atoms with E-state index >= 15 is 0 Å². The molecule has 1 aliphatic carbocycles. The van der Waals surface area contributed by atoms with Crippen molar-refractivity contribution in [2.45, 2.75) is 25.7 Å². The zero-order valence-electron chi connectivity index (χ0n) is 14.7. The number of hydrogen-bond acceptors (Lipinski definition) is 4. The number of hydrogen-bond donors (Lipinski definition) is 2. The van der Waals surface area contributed by atoms with Gasteiger partial charge in [0.2, 0.25) is 0 Å². The number of thiophene rings is 1. The van der Waals surface area contributed by atoms with Crippen LogP contribution in [0.15, 0.2) is 58.5 Å². The maximum absolute atomic E-state index is 13.0. The maximum Gasteiger partial charge on any atom is 0.320 e. The third kappa shape index (κ3) is 3.96. The fourth-order valence-electron chi connectivity index (χ4n) is 3.36.